The topological polar surface area (TPSA) is 119 Å². The molecule has 0 bridgehead atoms. The summed E-state index contributed by atoms with van der Waals surface area (Å²) in [5.41, 5.74) is 2.48. The molecule has 15 heavy (non-hydrogen) atoms. The largest absolute Gasteiger partial charge is 0.479 e. The monoisotopic (exact) mass is 207 g/mol. The molecule has 0 aliphatic heterocycles. The molecule has 6 heteroatoms. The number of nitrogens with one attached hydrogen (secondary N) is 1. The molecule has 1 atom stereocenters. The molecule has 0 saturated carbocycles. The van der Waals surface area contributed by atoms with E-state index >= 15 is 0 Å². The molecule has 1 unspecified atom stereocenters. The molecular weight excluding hydrogens is 198 g/mol. The van der Waals surface area contributed by atoms with Gasteiger partial charge in [0.1, 0.15) is 0 Å². The molecule has 0 radical (unpaired) electrons. The minimum absolute atomic E-state index is 0.0324. The van der Waals surface area contributed by atoms with Gasteiger partial charge in [-0.25, -0.2) is 4.79 Å². The Labute approximate surface area is 85.5 Å². The second kappa shape index (κ2) is 4.41. The van der Waals surface area contributed by atoms with Crippen LogP contribution in [0.5, 0.6) is 0 Å². The average molecular weight is 207 g/mol. The van der Waals surface area contributed by atoms with Crippen molar-refractivity contribution in [2.75, 3.05) is 5.43 Å². The van der Waals surface area contributed by atoms with E-state index in [1.165, 1.54) is 18.2 Å². The molecule has 1 rings (SSSR count). The Morgan fingerprint density at radius 1 is 1.60 bits per heavy atom. The van der Waals surface area contributed by atoms with Gasteiger partial charge in [0.25, 0.3) is 0 Å². The quantitative estimate of drug-likeness (QED) is 0.408. The second-order valence-corrected chi connectivity index (χ2v) is 2.76. The molecule has 6 nitrogen and oxygen atoms in total. The third kappa shape index (κ3) is 2.04. The van der Waals surface area contributed by atoms with E-state index in [0.717, 1.165) is 0 Å². The zero-order chi connectivity index (χ0) is 11.4. The Bertz CT molecular complexity index is 425. The predicted molar refractivity (Wildman–Crippen MR) is 51.6 cm³/mol. The second-order valence-electron chi connectivity index (χ2n) is 2.76. The zero-order valence-corrected chi connectivity index (χ0v) is 7.64. The van der Waals surface area contributed by atoms with Crippen molar-refractivity contribution in [3.8, 4) is 6.07 Å². The van der Waals surface area contributed by atoms with Crippen molar-refractivity contribution in [2.45, 2.75) is 6.10 Å². The van der Waals surface area contributed by atoms with Gasteiger partial charge in [0, 0.05) is 5.56 Å². The van der Waals surface area contributed by atoms with Crippen LogP contribution in [0.3, 0.4) is 0 Å². The van der Waals surface area contributed by atoms with Gasteiger partial charge in [0.2, 0.25) is 0 Å². The number of carboxylic acids is 1. The van der Waals surface area contributed by atoms with Crippen LogP contribution in [-0.4, -0.2) is 16.2 Å². The number of rotatable bonds is 3. The first-order valence-electron chi connectivity index (χ1n) is 4.02. The fourth-order valence-corrected chi connectivity index (χ4v) is 1.21. The highest BCUT2D eigenvalue weighted by molar-refractivity contribution is 5.78. The third-order valence-electron chi connectivity index (χ3n) is 1.89. The Kier molecular flexibility index (Phi) is 3.23. The van der Waals surface area contributed by atoms with Gasteiger partial charge >= 0.3 is 5.97 Å². The lowest BCUT2D eigenvalue weighted by atomic mass is 10.0. The fraction of sp³-hybridized carbons (Fsp3) is 0.111. The van der Waals surface area contributed by atoms with Gasteiger partial charge in [-0.05, 0) is 12.1 Å². The van der Waals surface area contributed by atoms with Crippen molar-refractivity contribution in [3.63, 3.8) is 0 Å². The van der Waals surface area contributed by atoms with E-state index in [1.54, 1.807) is 6.07 Å². The molecule has 0 aliphatic rings. The van der Waals surface area contributed by atoms with E-state index in [4.69, 9.17) is 16.2 Å². The number of benzene rings is 1. The number of nitriles is 1. The van der Waals surface area contributed by atoms with E-state index in [2.05, 4.69) is 5.43 Å². The Balaban J connectivity index is 3.35. The molecule has 0 fully saturated rings. The number of hydrazine groups is 1. The maximum Gasteiger partial charge on any atom is 0.337 e. The Morgan fingerprint density at radius 2 is 2.27 bits per heavy atom. The number of aliphatic hydroxyl groups is 1. The van der Waals surface area contributed by atoms with Crippen LogP contribution >= 0.6 is 0 Å². The summed E-state index contributed by atoms with van der Waals surface area (Å²) in [5.74, 6) is 3.71. The average Bonchev–Trinajstić information content (AvgIpc) is 2.26. The number of carboxylic acid groups (broad SMARTS) is 1. The first-order chi connectivity index (χ1) is 7.11. The van der Waals surface area contributed by atoms with Crippen molar-refractivity contribution >= 4 is 11.7 Å². The van der Waals surface area contributed by atoms with Gasteiger partial charge in [-0.2, -0.15) is 5.26 Å². The van der Waals surface area contributed by atoms with Gasteiger partial charge in [-0.1, -0.05) is 6.07 Å². The van der Waals surface area contributed by atoms with Gasteiger partial charge in [0.05, 0.1) is 17.3 Å². The van der Waals surface area contributed by atoms with Gasteiger partial charge < -0.3 is 15.6 Å². The number of hydrogen-bond acceptors (Lipinski definition) is 5. The number of hydrogen-bond donors (Lipinski definition) is 4. The van der Waals surface area contributed by atoms with Crippen LogP contribution in [0.15, 0.2) is 18.2 Å². The lowest BCUT2D eigenvalue weighted by molar-refractivity contribution is -0.146. The lowest BCUT2D eigenvalue weighted by Gasteiger charge is -2.12. The van der Waals surface area contributed by atoms with E-state index < -0.39 is 12.1 Å². The standard InChI is InChI=1S/C9H9N3O3/c10-4-5-2-1-3-6(12-11)7(5)8(13)9(14)15/h1-3,8,12-13H,11H2,(H,14,15). The zero-order valence-electron chi connectivity index (χ0n) is 7.64. The number of aliphatic carboxylic acids is 1. The smallest absolute Gasteiger partial charge is 0.337 e. The fourth-order valence-electron chi connectivity index (χ4n) is 1.21. The highest BCUT2D eigenvalue weighted by Gasteiger charge is 2.22. The number of aliphatic hydroxyl groups excluding tert-OH is 1. The molecule has 0 saturated heterocycles. The number of nitrogens with two attached hydrogens (primary N) is 1. The molecule has 0 aromatic heterocycles. The number of carbonyl (C=O) groups is 1. The summed E-state index contributed by atoms with van der Waals surface area (Å²) in [5, 5.41) is 26.8. The van der Waals surface area contributed by atoms with Crippen LogP contribution < -0.4 is 11.3 Å². The minimum atomic E-state index is -1.77. The van der Waals surface area contributed by atoms with Crippen LogP contribution in [0.4, 0.5) is 5.69 Å². The van der Waals surface area contributed by atoms with E-state index in [-0.39, 0.29) is 16.8 Å². The maximum atomic E-state index is 10.6. The molecule has 0 heterocycles. The summed E-state index contributed by atoms with van der Waals surface area (Å²) in [6, 6.07) is 6.20. The van der Waals surface area contributed by atoms with E-state index in [0.29, 0.717) is 0 Å². The molecule has 1 aromatic rings. The summed E-state index contributed by atoms with van der Waals surface area (Å²) in [6.45, 7) is 0. The predicted octanol–water partition coefficient (Wildman–Crippen LogP) is -0.0381. The number of nitrogens with zero attached hydrogens (tertiary/aromatic N) is 1. The first-order valence-corrected chi connectivity index (χ1v) is 4.02. The van der Waals surface area contributed by atoms with Crippen molar-refractivity contribution in [2.24, 2.45) is 5.84 Å². The van der Waals surface area contributed by atoms with Gasteiger partial charge in [0.15, 0.2) is 6.10 Å². The third-order valence-corrected chi connectivity index (χ3v) is 1.89. The van der Waals surface area contributed by atoms with Gasteiger partial charge in [-0.3, -0.25) is 5.84 Å². The summed E-state index contributed by atoms with van der Waals surface area (Å²) >= 11 is 0. The summed E-state index contributed by atoms with van der Waals surface area (Å²) in [4.78, 5) is 10.6. The Hall–Kier alpha value is -2.10. The maximum absolute atomic E-state index is 10.6. The summed E-state index contributed by atoms with van der Waals surface area (Å²) in [6.07, 6.45) is -1.77. The first kappa shape index (κ1) is 11.0. The van der Waals surface area contributed by atoms with Crippen molar-refractivity contribution < 1.29 is 15.0 Å². The molecular formula is C9H9N3O3. The molecule has 0 amide bonds. The Morgan fingerprint density at radius 3 is 2.73 bits per heavy atom. The normalized spacial score (nSPS) is 11.5. The van der Waals surface area contributed by atoms with E-state index in [9.17, 15) is 9.90 Å². The molecule has 0 aliphatic carbocycles. The van der Waals surface area contributed by atoms with Crippen LogP contribution in [0.2, 0.25) is 0 Å². The van der Waals surface area contributed by atoms with Crippen molar-refractivity contribution in [3.05, 3.63) is 29.3 Å². The molecule has 5 N–H and O–H groups in total. The number of anilines is 1. The molecule has 1 aromatic carbocycles. The van der Waals surface area contributed by atoms with Crippen molar-refractivity contribution in [1.29, 1.82) is 5.26 Å². The minimum Gasteiger partial charge on any atom is -0.479 e. The van der Waals surface area contributed by atoms with Crippen LogP contribution in [0.1, 0.15) is 17.2 Å². The number of nitrogen functional groups attached to an aromatic ring is 1. The van der Waals surface area contributed by atoms with Crippen LogP contribution in [-0.2, 0) is 4.79 Å². The van der Waals surface area contributed by atoms with Crippen molar-refractivity contribution in [1.82, 2.24) is 0 Å². The summed E-state index contributed by atoms with van der Waals surface area (Å²) in [7, 11) is 0. The SMILES string of the molecule is N#Cc1cccc(NN)c1C(O)C(=O)O. The van der Waals surface area contributed by atoms with E-state index in [1.807, 2.05) is 0 Å². The van der Waals surface area contributed by atoms with Gasteiger partial charge in [-0.15, -0.1) is 0 Å². The molecule has 78 valence electrons. The molecule has 0 spiro atoms. The van der Waals surface area contributed by atoms with Crippen LogP contribution in [0, 0.1) is 11.3 Å². The highest BCUT2D eigenvalue weighted by Crippen LogP contribution is 2.26. The van der Waals surface area contributed by atoms with Crippen LogP contribution in [0.25, 0.3) is 0 Å². The highest BCUT2D eigenvalue weighted by atomic mass is 16.4. The lowest BCUT2D eigenvalue weighted by Crippen LogP contribution is -2.17. The summed E-state index contributed by atoms with van der Waals surface area (Å²) < 4.78 is 0.